The van der Waals surface area contributed by atoms with Crippen molar-refractivity contribution in [2.24, 2.45) is 22.7 Å². The molecule has 2 N–H and O–H groups in total. The molecule has 0 radical (unpaired) electrons. The molecular formula is C19H20N2O. The Morgan fingerprint density at radius 2 is 1.86 bits per heavy atom. The highest BCUT2D eigenvalue weighted by atomic mass is 16.3. The molecule has 0 saturated heterocycles. The number of rotatable bonds is 4. The highest BCUT2D eigenvalue weighted by Gasteiger charge is 2.37. The lowest BCUT2D eigenvalue weighted by Gasteiger charge is -2.29. The molecular weight excluding hydrogens is 272 g/mol. The molecule has 2 aliphatic carbocycles. The monoisotopic (exact) mass is 292 g/mol. The van der Waals surface area contributed by atoms with Gasteiger partial charge in [0.05, 0.1) is 0 Å². The third-order valence-corrected chi connectivity index (χ3v) is 4.60. The molecule has 0 aromatic heterocycles. The van der Waals surface area contributed by atoms with Crippen LogP contribution in [0.25, 0.3) is 0 Å². The van der Waals surface area contributed by atoms with Crippen LogP contribution in [0.4, 0.5) is 0 Å². The number of aliphatic imine (C=N–C) groups is 1. The van der Waals surface area contributed by atoms with Crippen molar-refractivity contribution in [3.05, 3.63) is 65.5 Å². The molecule has 0 spiro atoms. The topological polar surface area (TPSA) is 44.6 Å². The summed E-state index contributed by atoms with van der Waals surface area (Å²) in [5.41, 5.74) is 2.63. The summed E-state index contributed by atoms with van der Waals surface area (Å²) in [6.45, 7) is 0.736. The fourth-order valence-corrected chi connectivity index (χ4v) is 3.28. The number of nitrogens with zero attached hydrogens (tertiary/aromatic N) is 1. The first-order valence-electron chi connectivity index (χ1n) is 7.96. The van der Waals surface area contributed by atoms with Gasteiger partial charge in [0.15, 0.2) is 0 Å². The van der Waals surface area contributed by atoms with Crippen LogP contribution < -0.4 is 5.32 Å². The molecule has 112 valence electrons. The van der Waals surface area contributed by atoms with Crippen LogP contribution in [-0.2, 0) is 6.54 Å². The Balaban J connectivity index is 1.56. The number of aromatic hydroxyl groups is 1. The van der Waals surface area contributed by atoms with E-state index in [1.54, 1.807) is 12.1 Å². The number of benzene rings is 1. The van der Waals surface area contributed by atoms with E-state index in [1.165, 1.54) is 18.4 Å². The van der Waals surface area contributed by atoms with Crippen molar-refractivity contribution >= 4 is 6.21 Å². The quantitative estimate of drug-likeness (QED) is 0.891. The SMILES string of the molecule is Oc1ccc(CNC2=C(C3CC3)C3C=CC=CC3C=N2)cc1. The van der Waals surface area contributed by atoms with Gasteiger partial charge in [0.2, 0.25) is 0 Å². The molecule has 1 aliphatic heterocycles. The maximum Gasteiger partial charge on any atom is 0.125 e. The van der Waals surface area contributed by atoms with E-state index in [-0.39, 0.29) is 0 Å². The number of allylic oxidation sites excluding steroid dienone is 5. The highest BCUT2D eigenvalue weighted by Crippen LogP contribution is 2.46. The number of hydrogen-bond acceptors (Lipinski definition) is 3. The molecule has 0 amide bonds. The van der Waals surface area contributed by atoms with Crippen molar-refractivity contribution in [3.63, 3.8) is 0 Å². The molecule has 1 aromatic carbocycles. The lowest BCUT2D eigenvalue weighted by molar-refractivity contribution is 0.475. The van der Waals surface area contributed by atoms with Gasteiger partial charge in [0.1, 0.15) is 11.6 Å². The molecule has 1 aromatic rings. The van der Waals surface area contributed by atoms with Gasteiger partial charge in [-0.25, -0.2) is 4.99 Å². The van der Waals surface area contributed by atoms with Gasteiger partial charge in [-0.1, -0.05) is 36.4 Å². The molecule has 2 unspecified atom stereocenters. The van der Waals surface area contributed by atoms with Crippen molar-refractivity contribution in [2.75, 3.05) is 0 Å². The molecule has 3 nitrogen and oxygen atoms in total. The number of nitrogens with one attached hydrogen (secondary N) is 1. The van der Waals surface area contributed by atoms with Gasteiger partial charge in [0.25, 0.3) is 0 Å². The van der Waals surface area contributed by atoms with Crippen LogP contribution in [0.15, 0.2) is 65.0 Å². The lowest BCUT2D eigenvalue weighted by atomic mass is 9.80. The van der Waals surface area contributed by atoms with Crippen molar-refractivity contribution in [2.45, 2.75) is 19.4 Å². The largest absolute Gasteiger partial charge is 0.508 e. The van der Waals surface area contributed by atoms with E-state index in [0.29, 0.717) is 23.5 Å². The van der Waals surface area contributed by atoms with E-state index in [2.05, 4.69) is 35.8 Å². The van der Waals surface area contributed by atoms with Crippen LogP contribution in [0, 0.1) is 17.8 Å². The number of fused-ring (bicyclic) bond motifs is 1. The van der Waals surface area contributed by atoms with Crippen LogP contribution in [0.1, 0.15) is 18.4 Å². The van der Waals surface area contributed by atoms with Crippen LogP contribution in [-0.4, -0.2) is 11.3 Å². The van der Waals surface area contributed by atoms with Gasteiger partial charge in [-0.05, 0) is 42.0 Å². The fourth-order valence-electron chi connectivity index (χ4n) is 3.28. The minimum absolute atomic E-state index is 0.305. The first-order valence-corrected chi connectivity index (χ1v) is 7.96. The van der Waals surface area contributed by atoms with Crippen LogP contribution >= 0.6 is 0 Å². The summed E-state index contributed by atoms with van der Waals surface area (Å²) in [7, 11) is 0. The molecule has 4 rings (SSSR count). The maximum absolute atomic E-state index is 9.36. The van der Waals surface area contributed by atoms with Gasteiger partial charge in [0, 0.05) is 24.6 Å². The molecule has 1 fully saturated rings. The smallest absolute Gasteiger partial charge is 0.125 e. The van der Waals surface area contributed by atoms with Crippen molar-refractivity contribution < 1.29 is 5.11 Å². The van der Waals surface area contributed by atoms with Gasteiger partial charge in [-0.15, -0.1) is 0 Å². The summed E-state index contributed by atoms with van der Waals surface area (Å²) in [6, 6.07) is 7.33. The summed E-state index contributed by atoms with van der Waals surface area (Å²) in [4.78, 5) is 4.70. The standard InChI is InChI=1S/C19H20N2O/c22-16-9-5-13(6-10-16)11-20-19-18(14-7-8-14)17-4-2-1-3-15(17)12-21-19/h1-6,9-10,12,14-15,17,20,22H,7-8,11H2. The van der Waals surface area contributed by atoms with E-state index in [9.17, 15) is 5.11 Å². The Morgan fingerprint density at radius 1 is 1.09 bits per heavy atom. The van der Waals surface area contributed by atoms with Crippen LogP contribution in [0.3, 0.4) is 0 Å². The second kappa shape index (κ2) is 5.48. The lowest BCUT2D eigenvalue weighted by Crippen LogP contribution is -2.27. The van der Waals surface area contributed by atoms with Crippen molar-refractivity contribution in [1.82, 2.24) is 5.32 Å². The molecule has 1 saturated carbocycles. The summed E-state index contributed by atoms with van der Waals surface area (Å²) in [6.07, 6.45) is 13.5. The summed E-state index contributed by atoms with van der Waals surface area (Å²) >= 11 is 0. The predicted molar refractivity (Wildman–Crippen MR) is 88.4 cm³/mol. The van der Waals surface area contributed by atoms with Gasteiger partial charge < -0.3 is 10.4 Å². The van der Waals surface area contributed by atoms with Gasteiger partial charge >= 0.3 is 0 Å². The summed E-state index contributed by atoms with van der Waals surface area (Å²) in [5.74, 6) is 2.94. The number of hydrogen-bond donors (Lipinski definition) is 2. The minimum atomic E-state index is 0.305. The third kappa shape index (κ3) is 2.59. The van der Waals surface area contributed by atoms with E-state index >= 15 is 0 Å². The van der Waals surface area contributed by atoms with E-state index in [1.807, 2.05) is 12.1 Å². The third-order valence-electron chi connectivity index (χ3n) is 4.60. The molecule has 22 heavy (non-hydrogen) atoms. The van der Waals surface area contributed by atoms with Gasteiger partial charge in [-0.2, -0.15) is 0 Å². The maximum atomic E-state index is 9.36. The Morgan fingerprint density at radius 3 is 2.64 bits per heavy atom. The second-order valence-electron chi connectivity index (χ2n) is 6.25. The zero-order valence-electron chi connectivity index (χ0n) is 12.4. The Bertz CT molecular complexity index is 678. The predicted octanol–water partition coefficient (Wildman–Crippen LogP) is 3.55. The Hall–Kier alpha value is -2.29. The van der Waals surface area contributed by atoms with Crippen LogP contribution in [0.5, 0.6) is 5.75 Å². The zero-order chi connectivity index (χ0) is 14.9. The second-order valence-corrected chi connectivity index (χ2v) is 6.25. The normalized spacial score (nSPS) is 26.2. The summed E-state index contributed by atoms with van der Waals surface area (Å²) in [5, 5.41) is 12.9. The number of phenolic OH excluding ortho intramolecular Hbond substituents is 1. The first kappa shape index (κ1) is 13.4. The average Bonchev–Trinajstić information content (AvgIpc) is 3.38. The molecule has 0 bridgehead atoms. The average molecular weight is 292 g/mol. The van der Waals surface area contributed by atoms with E-state index in [4.69, 9.17) is 4.99 Å². The molecule has 2 atom stereocenters. The van der Waals surface area contributed by atoms with Gasteiger partial charge in [-0.3, -0.25) is 0 Å². The summed E-state index contributed by atoms with van der Waals surface area (Å²) < 4.78 is 0. The Labute approximate surface area is 130 Å². The zero-order valence-corrected chi connectivity index (χ0v) is 12.4. The van der Waals surface area contributed by atoms with E-state index < -0.39 is 0 Å². The first-order chi connectivity index (χ1) is 10.8. The molecule has 3 heteroatoms. The number of phenols is 1. The molecule has 3 aliphatic rings. The van der Waals surface area contributed by atoms with E-state index in [0.717, 1.165) is 17.9 Å². The van der Waals surface area contributed by atoms with Crippen LogP contribution in [0.2, 0.25) is 0 Å². The minimum Gasteiger partial charge on any atom is -0.508 e. The Kier molecular flexibility index (Phi) is 3.34. The van der Waals surface area contributed by atoms with Crippen molar-refractivity contribution in [3.8, 4) is 5.75 Å². The molecule has 1 heterocycles. The highest BCUT2D eigenvalue weighted by molar-refractivity contribution is 5.69. The fraction of sp³-hybridized carbons (Fsp3) is 0.316. The van der Waals surface area contributed by atoms with Crippen molar-refractivity contribution in [1.29, 1.82) is 0 Å².